The van der Waals surface area contributed by atoms with Gasteiger partial charge in [-0.3, -0.25) is 4.79 Å². The molecule has 0 aromatic rings. The van der Waals surface area contributed by atoms with E-state index in [1.165, 1.54) is 0 Å². The lowest BCUT2D eigenvalue weighted by molar-refractivity contribution is -0.121. The van der Waals surface area contributed by atoms with Gasteiger partial charge in [0.1, 0.15) is 0 Å². The molecule has 0 aromatic carbocycles. The van der Waals surface area contributed by atoms with E-state index in [-0.39, 0.29) is 5.91 Å². The van der Waals surface area contributed by atoms with Crippen molar-refractivity contribution >= 4 is 17.5 Å². The summed E-state index contributed by atoms with van der Waals surface area (Å²) >= 11 is 5.59. The number of amides is 1. The van der Waals surface area contributed by atoms with Gasteiger partial charge in [0, 0.05) is 24.9 Å². The highest BCUT2D eigenvalue weighted by Gasteiger charge is 2.20. The summed E-state index contributed by atoms with van der Waals surface area (Å²) in [7, 11) is 4.17. The SMILES string of the molecule is CCC(CC)C(CNC(=O)CCCCCl)N(C)C. The molecule has 0 saturated carbocycles. The predicted molar refractivity (Wildman–Crippen MR) is 79.1 cm³/mol. The van der Waals surface area contributed by atoms with Gasteiger partial charge in [0.25, 0.3) is 0 Å². The highest BCUT2D eigenvalue weighted by molar-refractivity contribution is 6.17. The summed E-state index contributed by atoms with van der Waals surface area (Å²) in [6.07, 6.45) is 4.70. The first-order chi connectivity index (χ1) is 8.56. The number of likely N-dealkylation sites (N-methyl/N-ethyl adjacent to an activating group) is 1. The van der Waals surface area contributed by atoms with Crippen molar-refractivity contribution in [2.45, 2.75) is 52.0 Å². The molecule has 0 heterocycles. The summed E-state index contributed by atoms with van der Waals surface area (Å²) in [5, 5.41) is 3.05. The monoisotopic (exact) mass is 276 g/mol. The largest absolute Gasteiger partial charge is 0.355 e. The van der Waals surface area contributed by atoms with E-state index in [1.807, 2.05) is 0 Å². The number of hydrogen-bond acceptors (Lipinski definition) is 2. The Labute approximate surface area is 117 Å². The number of carbonyl (C=O) groups excluding carboxylic acids is 1. The molecule has 1 atom stereocenters. The number of alkyl halides is 1. The third-order valence-electron chi connectivity index (χ3n) is 3.55. The minimum atomic E-state index is 0.151. The van der Waals surface area contributed by atoms with Crippen molar-refractivity contribution < 1.29 is 4.79 Å². The van der Waals surface area contributed by atoms with Crippen molar-refractivity contribution in [3.8, 4) is 0 Å². The summed E-state index contributed by atoms with van der Waals surface area (Å²) in [6, 6.07) is 0.428. The predicted octanol–water partition coefficient (Wildman–Crippen LogP) is 2.88. The van der Waals surface area contributed by atoms with Crippen LogP contribution in [0.15, 0.2) is 0 Å². The molecule has 0 aromatic heterocycles. The fourth-order valence-corrected chi connectivity index (χ4v) is 2.48. The Bertz CT molecular complexity index is 218. The Morgan fingerprint density at radius 3 is 2.28 bits per heavy atom. The van der Waals surface area contributed by atoms with Gasteiger partial charge in [-0.2, -0.15) is 0 Å². The van der Waals surface area contributed by atoms with Crippen LogP contribution < -0.4 is 5.32 Å². The molecule has 0 rings (SSSR count). The molecule has 0 spiro atoms. The van der Waals surface area contributed by atoms with E-state index >= 15 is 0 Å². The van der Waals surface area contributed by atoms with Gasteiger partial charge in [-0.1, -0.05) is 26.7 Å². The zero-order valence-electron chi connectivity index (χ0n) is 12.3. The molecular weight excluding hydrogens is 248 g/mol. The fourth-order valence-electron chi connectivity index (χ4n) is 2.29. The molecule has 18 heavy (non-hydrogen) atoms. The quantitative estimate of drug-likeness (QED) is 0.492. The lowest BCUT2D eigenvalue weighted by atomic mass is 9.93. The van der Waals surface area contributed by atoms with Crippen LogP contribution in [0.1, 0.15) is 46.0 Å². The maximum atomic E-state index is 11.7. The summed E-state index contributed by atoms with van der Waals surface area (Å²) in [4.78, 5) is 13.9. The number of nitrogens with one attached hydrogen (secondary N) is 1. The number of hydrogen-bond donors (Lipinski definition) is 1. The van der Waals surface area contributed by atoms with Crippen LogP contribution >= 0.6 is 11.6 Å². The second-order valence-corrected chi connectivity index (χ2v) is 5.44. The van der Waals surface area contributed by atoms with Gasteiger partial charge in [-0.15, -0.1) is 11.6 Å². The smallest absolute Gasteiger partial charge is 0.220 e. The van der Waals surface area contributed by atoms with E-state index in [1.54, 1.807) is 0 Å². The van der Waals surface area contributed by atoms with Crippen molar-refractivity contribution in [3.63, 3.8) is 0 Å². The molecule has 0 aliphatic carbocycles. The Balaban J connectivity index is 4.07. The van der Waals surface area contributed by atoms with E-state index in [0.29, 0.717) is 24.3 Å². The van der Waals surface area contributed by atoms with Gasteiger partial charge < -0.3 is 10.2 Å². The molecule has 0 saturated heterocycles. The first-order valence-corrected chi connectivity index (χ1v) is 7.59. The average Bonchev–Trinajstić information content (AvgIpc) is 2.34. The van der Waals surface area contributed by atoms with Crippen LogP contribution in [0.5, 0.6) is 0 Å². The van der Waals surface area contributed by atoms with Crippen LogP contribution in [-0.2, 0) is 4.79 Å². The third-order valence-corrected chi connectivity index (χ3v) is 3.82. The summed E-state index contributed by atoms with van der Waals surface area (Å²) in [5.74, 6) is 1.43. The average molecular weight is 277 g/mol. The second kappa shape index (κ2) is 10.6. The summed E-state index contributed by atoms with van der Waals surface area (Å²) < 4.78 is 0. The lowest BCUT2D eigenvalue weighted by Crippen LogP contribution is -2.44. The molecule has 0 aliphatic rings. The molecular formula is C14H29ClN2O. The molecule has 0 radical (unpaired) electrons. The highest BCUT2D eigenvalue weighted by Crippen LogP contribution is 2.16. The Hall–Kier alpha value is -0.280. The van der Waals surface area contributed by atoms with Crippen LogP contribution in [0, 0.1) is 5.92 Å². The molecule has 3 nitrogen and oxygen atoms in total. The number of unbranched alkanes of at least 4 members (excludes halogenated alkanes) is 1. The minimum Gasteiger partial charge on any atom is -0.355 e. The molecule has 108 valence electrons. The van der Waals surface area contributed by atoms with Crippen molar-refractivity contribution in [3.05, 3.63) is 0 Å². The minimum absolute atomic E-state index is 0.151. The van der Waals surface area contributed by atoms with Crippen molar-refractivity contribution in [1.29, 1.82) is 0 Å². The maximum absolute atomic E-state index is 11.7. The first kappa shape index (κ1) is 17.7. The number of nitrogens with zero attached hydrogens (tertiary/aromatic N) is 1. The molecule has 0 bridgehead atoms. The van der Waals surface area contributed by atoms with Crippen LogP contribution in [0.25, 0.3) is 0 Å². The normalized spacial score (nSPS) is 13.1. The topological polar surface area (TPSA) is 32.3 Å². The number of carbonyl (C=O) groups is 1. The standard InChI is InChI=1S/C14H29ClN2O/c1-5-12(6-2)13(17(3)4)11-16-14(18)9-7-8-10-15/h12-13H,5-11H2,1-4H3,(H,16,18). The molecule has 1 amide bonds. The van der Waals surface area contributed by atoms with Gasteiger partial charge in [0.05, 0.1) is 0 Å². The number of halogens is 1. The Morgan fingerprint density at radius 2 is 1.83 bits per heavy atom. The molecule has 1 N–H and O–H groups in total. The fraction of sp³-hybridized carbons (Fsp3) is 0.929. The molecule has 1 unspecified atom stereocenters. The van der Waals surface area contributed by atoms with E-state index < -0.39 is 0 Å². The van der Waals surface area contributed by atoms with Gasteiger partial charge in [-0.25, -0.2) is 0 Å². The van der Waals surface area contributed by atoms with E-state index in [2.05, 4.69) is 38.2 Å². The van der Waals surface area contributed by atoms with Crippen LogP contribution in [0.3, 0.4) is 0 Å². The summed E-state index contributed by atoms with van der Waals surface area (Å²) in [6.45, 7) is 5.18. The van der Waals surface area contributed by atoms with Gasteiger partial charge >= 0.3 is 0 Å². The molecule has 0 fully saturated rings. The number of rotatable bonds is 10. The summed E-state index contributed by atoms with van der Waals surface area (Å²) in [5.41, 5.74) is 0. The van der Waals surface area contributed by atoms with E-state index in [0.717, 1.165) is 32.2 Å². The Morgan fingerprint density at radius 1 is 1.22 bits per heavy atom. The first-order valence-electron chi connectivity index (χ1n) is 7.05. The van der Waals surface area contributed by atoms with Crippen molar-refractivity contribution in [1.82, 2.24) is 10.2 Å². The third kappa shape index (κ3) is 7.22. The van der Waals surface area contributed by atoms with Gasteiger partial charge in [0.2, 0.25) is 5.91 Å². The zero-order valence-corrected chi connectivity index (χ0v) is 13.1. The van der Waals surface area contributed by atoms with Crippen molar-refractivity contribution in [2.24, 2.45) is 5.92 Å². The zero-order chi connectivity index (χ0) is 14.0. The van der Waals surface area contributed by atoms with Crippen LogP contribution in [-0.4, -0.2) is 43.4 Å². The van der Waals surface area contributed by atoms with Gasteiger partial charge in [0.15, 0.2) is 0 Å². The van der Waals surface area contributed by atoms with Gasteiger partial charge in [-0.05, 0) is 32.9 Å². The highest BCUT2D eigenvalue weighted by atomic mass is 35.5. The second-order valence-electron chi connectivity index (χ2n) is 5.06. The maximum Gasteiger partial charge on any atom is 0.220 e. The Kier molecular flexibility index (Phi) is 10.5. The lowest BCUT2D eigenvalue weighted by Gasteiger charge is -2.31. The molecule has 4 heteroatoms. The van der Waals surface area contributed by atoms with E-state index in [4.69, 9.17) is 11.6 Å². The van der Waals surface area contributed by atoms with E-state index in [9.17, 15) is 4.79 Å². The van der Waals surface area contributed by atoms with Crippen molar-refractivity contribution in [2.75, 3.05) is 26.5 Å². The van der Waals surface area contributed by atoms with Crippen LogP contribution in [0.2, 0.25) is 0 Å². The molecule has 0 aliphatic heterocycles. The van der Waals surface area contributed by atoms with Crippen LogP contribution in [0.4, 0.5) is 0 Å².